The monoisotopic (exact) mass is 202 g/mol. The van der Waals surface area contributed by atoms with Crippen LogP contribution in [-0.4, -0.2) is 11.7 Å². The minimum absolute atomic E-state index is 0.0541. The molecule has 0 fully saturated rings. The lowest BCUT2D eigenvalue weighted by atomic mass is 10.2. The van der Waals surface area contributed by atoms with Gasteiger partial charge in [0, 0.05) is 10.1 Å². The van der Waals surface area contributed by atoms with Crippen LogP contribution in [0.3, 0.4) is 0 Å². The second-order valence-electron chi connectivity index (χ2n) is 2.24. The molecule has 1 aromatic rings. The zero-order chi connectivity index (χ0) is 8.97. The van der Waals surface area contributed by atoms with E-state index >= 15 is 0 Å². The molecule has 0 saturated heterocycles. The fraction of sp³-hybridized carbons (Fsp3) is 0.111. The third-order valence-corrected chi connectivity index (χ3v) is 2.01. The molecule has 3 heteroatoms. The highest BCUT2D eigenvalue weighted by molar-refractivity contribution is 6.48. The van der Waals surface area contributed by atoms with Crippen molar-refractivity contribution in [3.8, 4) is 0 Å². The molecule has 0 aliphatic heterocycles. The van der Waals surface area contributed by atoms with Crippen molar-refractivity contribution in [1.29, 1.82) is 0 Å². The fourth-order valence-corrected chi connectivity index (χ4v) is 1.13. The van der Waals surface area contributed by atoms with Gasteiger partial charge in [0.25, 0.3) is 0 Å². The van der Waals surface area contributed by atoms with Crippen molar-refractivity contribution < 1.29 is 5.11 Å². The number of aliphatic hydroxyl groups is 1. The third kappa shape index (κ3) is 2.52. The van der Waals surface area contributed by atoms with Crippen LogP contribution >= 0.6 is 23.2 Å². The Labute approximate surface area is 81.2 Å². The molecule has 0 aliphatic carbocycles. The molecule has 0 heterocycles. The minimum atomic E-state index is -0.0541. The van der Waals surface area contributed by atoms with Crippen molar-refractivity contribution in [3.63, 3.8) is 0 Å². The molecule has 64 valence electrons. The van der Waals surface area contributed by atoms with E-state index in [1.54, 1.807) is 24.3 Å². The van der Waals surface area contributed by atoms with Crippen LogP contribution in [-0.2, 0) is 0 Å². The molecule has 0 aliphatic rings. The third-order valence-electron chi connectivity index (χ3n) is 1.39. The maximum absolute atomic E-state index is 8.57. The smallest absolute Gasteiger partial charge is 0.0629 e. The van der Waals surface area contributed by atoms with Crippen LogP contribution < -0.4 is 0 Å². The van der Waals surface area contributed by atoms with Gasteiger partial charge in [-0.05, 0) is 23.8 Å². The SMILES string of the molecule is OC/C=C(/Cl)c1ccc(Cl)cc1. The van der Waals surface area contributed by atoms with Gasteiger partial charge in [-0.2, -0.15) is 0 Å². The summed E-state index contributed by atoms with van der Waals surface area (Å²) in [4.78, 5) is 0. The van der Waals surface area contributed by atoms with Gasteiger partial charge in [0.05, 0.1) is 6.61 Å². The summed E-state index contributed by atoms with van der Waals surface area (Å²) < 4.78 is 0. The molecule has 0 spiro atoms. The van der Waals surface area contributed by atoms with E-state index in [1.807, 2.05) is 0 Å². The number of aliphatic hydroxyl groups excluding tert-OH is 1. The lowest BCUT2D eigenvalue weighted by molar-refractivity contribution is 0.343. The Morgan fingerprint density at radius 2 is 1.92 bits per heavy atom. The van der Waals surface area contributed by atoms with Crippen LogP contribution in [0.15, 0.2) is 30.3 Å². The second kappa shape index (κ2) is 4.51. The van der Waals surface area contributed by atoms with Gasteiger partial charge in [-0.15, -0.1) is 0 Å². The van der Waals surface area contributed by atoms with Crippen LogP contribution in [0.1, 0.15) is 5.56 Å². The van der Waals surface area contributed by atoms with Crippen molar-refractivity contribution in [2.45, 2.75) is 0 Å². The summed E-state index contributed by atoms with van der Waals surface area (Å²) in [6.45, 7) is -0.0541. The Kier molecular flexibility index (Phi) is 3.60. The number of hydrogen-bond donors (Lipinski definition) is 1. The van der Waals surface area contributed by atoms with E-state index in [4.69, 9.17) is 28.3 Å². The van der Waals surface area contributed by atoms with E-state index < -0.39 is 0 Å². The summed E-state index contributed by atoms with van der Waals surface area (Å²) in [6, 6.07) is 7.11. The summed E-state index contributed by atoms with van der Waals surface area (Å²) in [5.41, 5.74) is 0.857. The Morgan fingerprint density at radius 3 is 2.42 bits per heavy atom. The summed E-state index contributed by atoms with van der Waals surface area (Å²) in [5, 5.41) is 9.78. The molecule has 1 nitrogen and oxygen atoms in total. The molecular weight excluding hydrogens is 195 g/mol. The van der Waals surface area contributed by atoms with E-state index in [2.05, 4.69) is 0 Å². The van der Waals surface area contributed by atoms with Crippen LogP contribution in [0, 0.1) is 0 Å². The predicted molar refractivity (Wildman–Crippen MR) is 52.4 cm³/mol. The molecule has 0 aromatic heterocycles. The Morgan fingerprint density at radius 1 is 1.33 bits per heavy atom. The van der Waals surface area contributed by atoms with Crippen molar-refractivity contribution in [3.05, 3.63) is 40.9 Å². The molecule has 0 unspecified atom stereocenters. The van der Waals surface area contributed by atoms with E-state index in [-0.39, 0.29) is 6.61 Å². The molecule has 0 radical (unpaired) electrons. The number of benzene rings is 1. The van der Waals surface area contributed by atoms with Gasteiger partial charge < -0.3 is 5.11 Å². The lowest BCUT2D eigenvalue weighted by Gasteiger charge is -1.97. The molecule has 0 bridgehead atoms. The highest BCUT2D eigenvalue weighted by Crippen LogP contribution is 2.20. The van der Waals surface area contributed by atoms with Gasteiger partial charge in [0.1, 0.15) is 0 Å². The first-order valence-corrected chi connectivity index (χ1v) is 4.22. The van der Waals surface area contributed by atoms with Crippen LogP contribution in [0.25, 0.3) is 5.03 Å². The quantitative estimate of drug-likeness (QED) is 0.783. The highest BCUT2D eigenvalue weighted by atomic mass is 35.5. The zero-order valence-electron chi connectivity index (χ0n) is 6.30. The van der Waals surface area contributed by atoms with Gasteiger partial charge in [-0.3, -0.25) is 0 Å². The van der Waals surface area contributed by atoms with E-state index in [0.29, 0.717) is 10.1 Å². The Hall–Kier alpha value is -0.500. The Balaban J connectivity index is 2.89. The molecule has 0 amide bonds. The van der Waals surface area contributed by atoms with Crippen molar-refractivity contribution in [1.82, 2.24) is 0 Å². The minimum Gasteiger partial charge on any atom is -0.392 e. The molecule has 12 heavy (non-hydrogen) atoms. The lowest BCUT2D eigenvalue weighted by Crippen LogP contribution is -1.79. The molecular formula is C9H8Cl2O. The number of rotatable bonds is 2. The largest absolute Gasteiger partial charge is 0.392 e. The second-order valence-corrected chi connectivity index (χ2v) is 3.09. The first-order chi connectivity index (χ1) is 5.74. The van der Waals surface area contributed by atoms with Crippen molar-refractivity contribution in [2.75, 3.05) is 6.61 Å². The predicted octanol–water partition coefficient (Wildman–Crippen LogP) is 2.91. The summed E-state index contributed by atoms with van der Waals surface area (Å²) in [5.74, 6) is 0. The van der Waals surface area contributed by atoms with Crippen LogP contribution in [0.5, 0.6) is 0 Å². The highest BCUT2D eigenvalue weighted by Gasteiger charge is 1.95. The normalized spacial score (nSPS) is 11.8. The molecule has 1 N–H and O–H groups in total. The van der Waals surface area contributed by atoms with Crippen molar-refractivity contribution >= 4 is 28.2 Å². The number of halogens is 2. The maximum atomic E-state index is 8.57. The van der Waals surface area contributed by atoms with E-state index in [1.165, 1.54) is 6.08 Å². The number of hydrogen-bond acceptors (Lipinski definition) is 1. The molecule has 0 atom stereocenters. The van der Waals surface area contributed by atoms with E-state index in [9.17, 15) is 0 Å². The average molecular weight is 203 g/mol. The van der Waals surface area contributed by atoms with E-state index in [0.717, 1.165) is 5.56 Å². The zero-order valence-corrected chi connectivity index (χ0v) is 7.81. The van der Waals surface area contributed by atoms with Crippen LogP contribution in [0.4, 0.5) is 0 Å². The van der Waals surface area contributed by atoms with Crippen molar-refractivity contribution in [2.24, 2.45) is 0 Å². The summed E-state index contributed by atoms with van der Waals surface area (Å²) in [7, 11) is 0. The van der Waals surface area contributed by atoms with Gasteiger partial charge in [0.2, 0.25) is 0 Å². The fourth-order valence-electron chi connectivity index (χ4n) is 0.807. The van der Waals surface area contributed by atoms with Gasteiger partial charge in [-0.25, -0.2) is 0 Å². The average Bonchev–Trinajstić information content (AvgIpc) is 2.06. The summed E-state index contributed by atoms with van der Waals surface area (Å²) >= 11 is 11.5. The van der Waals surface area contributed by atoms with Gasteiger partial charge in [0.15, 0.2) is 0 Å². The topological polar surface area (TPSA) is 20.2 Å². The van der Waals surface area contributed by atoms with Gasteiger partial charge >= 0.3 is 0 Å². The van der Waals surface area contributed by atoms with Crippen LogP contribution in [0.2, 0.25) is 5.02 Å². The standard InChI is InChI=1S/C9H8Cl2O/c10-8-3-1-7(2-4-8)9(11)5-6-12/h1-5,12H,6H2/b9-5+. The molecule has 1 aromatic carbocycles. The first kappa shape index (κ1) is 9.59. The Bertz CT molecular complexity index is 277. The summed E-state index contributed by atoms with van der Waals surface area (Å²) in [6.07, 6.45) is 1.53. The van der Waals surface area contributed by atoms with Gasteiger partial charge in [-0.1, -0.05) is 35.3 Å². The molecule has 0 saturated carbocycles. The maximum Gasteiger partial charge on any atom is 0.0629 e. The molecule has 1 rings (SSSR count). The first-order valence-electron chi connectivity index (χ1n) is 3.46.